The first-order chi connectivity index (χ1) is 17.0. The maximum atomic E-state index is 14.2. The normalized spacial score (nSPS) is 31.6. The SMILES string of the molecule is CCOC(=O)[C@@H]1[C@H]2C(=O)N([C@@H](CO)CC(C)C)C(C(=O)Nc3cc(C)ccc3C)C23CC[C@@]1(CC)O3. The highest BCUT2D eigenvalue weighted by molar-refractivity contribution is 6.04. The van der Waals surface area contributed by atoms with Crippen LogP contribution in [0.5, 0.6) is 0 Å². The second-order valence-corrected chi connectivity index (χ2v) is 11.1. The highest BCUT2D eigenvalue weighted by Gasteiger charge is 2.79. The Morgan fingerprint density at radius 3 is 2.58 bits per heavy atom. The van der Waals surface area contributed by atoms with Gasteiger partial charge in [-0.3, -0.25) is 14.4 Å². The fourth-order valence-electron chi connectivity index (χ4n) is 6.83. The summed E-state index contributed by atoms with van der Waals surface area (Å²) in [5.74, 6) is -2.50. The molecule has 8 heteroatoms. The van der Waals surface area contributed by atoms with Gasteiger partial charge < -0.3 is 24.8 Å². The Labute approximate surface area is 213 Å². The second kappa shape index (κ2) is 9.78. The quantitative estimate of drug-likeness (QED) is 0.504. The maximum Gasteiger partial charge on any atom is 0.312 e. The van der Waals surface area contributed by atoms with E-state index in [4.69, 9.17) is 9.47 Å². The van der Waals surface area contributed by atoms with Gasteiger partial charge in [-0.25, -0.2) is 0 Å². The third-order valence-electron chi connectivity index (χ3n) is 8.41. The van der Waals surface area contributed by atoms with Gasteiger partial charge in [0, 0.05) is 5.69 Å². The molecule has 198 valence electrons. The first kappa shape index (κ1) is 26.6. The van der Waals surface area contributed by atoms with Crippen LogP contribution in [0.3, 0.4) is 0 Å². The fourth-order valence-corrected chi connectivity index (χ4v) is 6.83. The molecule has 0 aliphatic carbocycles. The van der Waals surface area contributed by atoms with Crippen LogP contribution in [-0.2, 0) is 23.9 Å². The average Bonchev–Trinajstić information content (AvgIpc) is 3.43. The van der Waals surface area contributed by atoms with Crippen molar-refractivity contribution in [3.05, 3.63) is 29.3 Å². The number of hydrogen-bond donors (Lipinski definition) is 2. The van der Waals surface area contributed by atoms with Crippen LogP contribution in [0.2, 0.25) is 0 Å². The molecule has 3 heterocycles. The number of nitrogens with one attached hydrogen (secondary N) is 1. The molecule has 1 spiro atoms. The van der Waals surface area contributed by atoms with Gasteiger partial charge >= 0.3 is 5.97 Å². The van der Waals surface area contributed by atoms with Crippen molar-refractivity contribution >= 4 is 23.5 Å². The molecule has 36 heavy (non-hydrogen) atoms. The average molecular weight is 501 g/mol. The van der Waals surface area contributed by atoms with Crippen molar-refractivity contribution in [1.82, 2.24) is 4.90 Å². The van der Waals surface area contributed by atoms with E-state index in [1.165, 1.54) is 4.90 Å². The number of carbonyl (C=O) groups excluding carboxylic acids is 3. The molecule has 8 nitrogen and oxygen atoms in total. The van der Waals surface area contributed by atoms with Gasteiger partial charge in [0.15, 0.2) is 0 Å². The monoisotopic (exact) mass is 500 g/mol. The number of rotatable bonds is 9. The largest absolute Gasteiger partial charge is 0.466 e. The smallest absolute Gasteiger partial charge is 0.312 e. The van der Waals surface area contributed by atoms with Gasteiger partial charge in [0.05, 0.1) is 30.8 Å². The Kier molecular flexibility index (Phi) is 7.23. The van der Waals surface area contributed by atoms with E-state index < -0.39 is 41.1 Å². The lowest BCUT2D eigenvalue weighted by Crippen LogP contribution is -2.56. The van der Waals surface area contributed by atoms with Crippen molar-refractivity contribution in [3.63, 3.8) is 0 Å². The summed E-state index contributed by atoms with van der Waals surface area (Å²) in [7, 11) is 0. The van der Waals surface area contributed by atoms with Crippen molar-refractivity contribution in [2.75, 3.05) is 18.5 Å². The molecule has 0 radical (unpaired) electrons. The number of aryl methyl sites for hydroxylation is 2. The predicted octanol–water partition coefficient (Wildman–Crippen LogP) is 3.37. The van der Waals surface area contributed by atoms with E-state index in [-0.39, 0.29) is 30.9 Å². The summed E-state index contributed by atoms with van der Waals surface area (Å²) in [6, 6.07) is 4.31. The summed E-state index contributed by atoms with van der Waals surface area (Å²) in [5.41, 5.74) is 0.617. The molecular formula is C28H40N2O6. The summed E-state index contributed by atoms with van der Waals surface area (Å²) < 4.78 is 12.1. The summed E-state index contributed by atoms with van der Waals surface area (Å²) in [6.45, 7) is 11.5. The fraction of sp³-hybridized carbons (Fsp3) is 0.679. The first-order valence-corrected chi connectivity index (χ1v) is 13.2. The number of benzene rings is 1. The van der Waals surface area contributed by atoms with Gasteiger partial charge in [-0.15, -0.1) is 0 Å². The van der Waals surface area contributed by atoms with Gasteiger partial charge in [-0.2, -0.15) is 0 Å². The van der Waals surface area contributed by atoms with Gasteiger partial charge in [0.1, 0.15) is 17.6 Å². The van der Waals surface area contributed by atoms with Crippen LogP contribution in [0.25, 0.3) is 0 Å². The van der Waals surface area contributed by atoms with E-state index in [1.54, 1.807) is 6.92 Å². The zero-order chi connectivity index (χ0) is 26.4. The molecule has 0 aromatic heterocycles. The maximum absolute atomic E-state index is 14.2. The van der Waals surface area contributed by atoms with Crippen molar-refractivity contribution in [3.8, 4) is 0 Å². The van der Waals surface area contributed by atoms with Crippen LogP contribution < -0.4 is 5.32 Å². The topological polar surface area (TPSA) is 105 Å². The number of carbonyl (C=O) groups is 3. The Morgan fingerprint density at radius 2 is 1.97 bits per heavy atom. The number of likely N-dealkylation sites (tertiary alicyclic amines) is 1. The number of hydrogen-bond acceptors (Lipinski definition) is 6. The van der Waals surface area contributed by atoms with E-state index in [9.17, 15) is 19.5 Å². The summed E-state index contributed by atoms with van der Waals surface area (Å²) in [4.78, 5) is 43.0. The molecule has 6 atom stereocenters. The predicted molar refractivity (Wildman–Crippen MR) is 135 cm³/mol. The Balaban J connectivity index is 1.81. The molecule has 3 saturated heterocycles. The van der Waals surface area contributed by atoms with E-state index in [0.717, 1.165) is 11.1 Å². The molecule has 3 aliphatic heterocycles. The Bertz CT molecular complexity index is 1040. The molecule has 1 aromatic rings. The standard InChI is InChI=1S/C28H40N2O6/c1-7-27-11-12-28(36-27)21(22(27)26(34)35-8-2)25(33)30(19(15-31)13-16(3)4)23(28)24(32)29-20-14-17(5)9-10-18(20)6/h9-10,14,16,19,21-23,31H,7-8,11-13,15H2,1-6H3,(H,29,32)/t19-,21+,22+,23?,27-,28?/m1/s1. The van der Waals surface area contributed by atoms with E-state index in [2.05, 4.69) is 5.32 Å². The van der Waals surface area contributed by atoms with E-state index in [0.29, 0.717) is 31.4 Å². The van der Waals surface area contributed by atoms with Gasteiger partial charge in [0.25, 0.3) is 0 Å². The van der Waals surface area contributed by atoms with Gasteiger partial charge in [-0.1, -0.05) is 32.9 Å². The lowest BCUT2D eigenvalue weighted by molar-refractivity contribution is -0.161. The highest BCUT2D eigenvalue weighted by atomic mass is 16.6. The van der Waals surface area contributed by atoms with Gasteiger partial charge in [0.2, 0.25) is 11.8 Å². The van der Waals surface area contributed by atoms with Crippen LogP contribution in [0, 0.1) is 31.6 Å². The molecule has 2 N–H and O–H groups in total. The number of esters is 1. The molecule has 4 rings (SSSR count). The zero-order valence-corrected chi connectivity index (χ0v) is 22.3. The van der Waals surface area contributed by atoms with Crippen LogP contribution in [0.4, 0.5) is 5.69 Å². The van der Waals surface area contributed by atoms with E-state index in [1.807, 2.05) is 52.8 Å². The molecule has 2 bridgehead atoms. The van der Waals surface area contributed by atoms with Crippen molar-refractivity contribution in [2.45, 2.75) is 90.5 Å². The molecule has 2 amide bonds. The zero-order valence-electron chi connectivity index (χ0n) is 22.3. The minimum Gasteiger partial charge on any atom is -0.466 e. The number of amides is 2. The second-order valence-electron chi connectivity index (χ2n) is 11.1. The minimum absolute atomic E-state index is 0.190. The number of fused-ring (bicyclic) bond motifs is 1. The molecular weight excluding hydrogens is 460 g/mol. The number of ether oxygens (including phenoxy) is 2. The molecule has 3 aliphatic rings. The van der Waals surface area contributed by atoms with Crippen molar-refractivity contribution in [2.24, 2.45) is 17.8 Å². The lowest BCUT2D eigenvalue weighted by atomic mass is 9.65. The Morgan fingerprint density at radius 1 is 1.25 bits per heavy atom. The van der Waals surface area contributed by atoms with Crippen LogP contribution >= 0.6 is 0 Å². The van der Waals surface area contributed by atoms with Crippen LogP contribution in [0.15, 0.2) is 18.2 Å². The minimum atomic E-state index is -1.14. The molecule has 3 fully saturated rings. The lowest BCUT2D eigenvalue weighted by Gasteiger charge is -2.38. The first-order valence-electron chi connectivity index (χ1n) is 13.2. The van der Waals surface area contributed by atoms with Crippen LogP contribution in [0.1, 0.15) is 64.5 Å². The highest BCUT2D eigenvalue weighted by Crippen LogP contribution is 2.64. The third kappa shape index (κ3) is 4.02. The van der Waals surface area contributed by atoms with Crippen LogP contribution in [-0.4, -0.2) is 64.3 Å². The third-order valence-corrected chi connectivity index (χ3v) is 8.41. The number of aliphatic hydroxyl groups is 1. The van der Waals surface area contributed by atoms with Crippen molar-refractivity contribution < 1.29 is 29.0 Å². The summed E-state index contributed by atoms with van der Waals surface area (Å²) in [6.07, 6.45) is 2.14. The summed E-state index contributed by atoms with van der Waals surface area (Å²) in [5, 5.41) is 13.4. The molecule has 1 aromatic carbocycles. The summed E-state index contributed by atoms with van der Waals surface area (Å²) >= 11 is 0. The Hall–Kier alpha value is -2.45. The molecule has 2 unspecified atom stereocenters. The number of nitrogens with zero attached hydrogens (tertiary/aromatic N) is 1. The molecule has 0 saturated carbocycles. The van der Waals surface area contributed by atoms with E-state index >= 15 is 0 Å². The van der Waals surface area contributed by atoms with Crippen molar-refractivity contribution in [1.29, 1.82) is 0 Å². The van der Waals surface area contributed by atoms with Gasteiger partial charge in [-0.05, 0) is 69.6 Å². The number of aliphatic hydroxyl groups excluding tert-OH is 1. The number of anilines is 1.